The van der Waals surface area contributed by atoms with E-state index in [-0.39, 0.29) is 5.91 Å². The Labute approximate surface area is 228 Å². The molecule has 0 radical (unpaired) electrons. The molecule has 3 amide bonds. The Balaban J connectivity index is 1.49. The summed E-state index contributed by atoms with van der Waals surface area (Å²) >= 11 is 6.13. The van der Waals surface area contributed by atoms with Crippen molar-refractivity contribution < 1.29 is 14.4 Å². The van der Waals surface area contributed by atoms with Crippen LogP contribution in [0.15, 0.2) is 53.5 Å². The number of benzene rings is 2. The third-order valence-electron chi connectivity index (χ3n) is 7.24. The second-order valence-electron chi connectivity index (χ2n) is 10.8. The van der Waals surface area contributed by atoms with Gasteiger partial charge in [-0.2, -0.15) is 0 Å². The van der Waals surface area contributed by atoms with E-state index in [0.29, 0.717) is 28.4 Å². The summed E-state index contributed by atoms with van der Waals surface area (Å²) < 4.78 is 0. The minimum absolute atomic E-state index is 0.341. The van der Waals surface area contributed by atoms with Crippen molar-refractivity contribution in [2.45, 2.75) is 50.7 Å². The molecular weight excluding hydrogens is 504 g/mol. The molecule has 0 saturated carbocycles. The minimum atomic E-state index is -1.56. The molecule has 202 valence electrons. The molecule has 0 bridgehead atoms. The van der Waals surface area contributed by atoms with Crippen LogP contribution in [-0.2, 0) is 15.1 Å². The Hall–Kier alpha value is -3.43. The molecule has 38 heavy (non-hydrogen) atoms. The number of carbonyl (C=O) groups excluding carboxylic acids is 3. The number of hydrogen-bond acceptors (Lipinski definition) is 6. The van der Waals surface area contributed by atoms with E-state index in [0.717, 1.165) is 31.8 Å². The number of primary amides is 1. The lowest BCUT2D eigenvalue weighted by molar-refractivity contribution is -0.132. The number of aliphatic imine (C=N–C) groups is 1. The molecule has 2 aliphatic rings. The van der Waals surface area contributed by atoms with Gasteiger partial charge < -0.3 is 26.6 Å². The molecule has 2 atom stereocenters. The van der Waals surface area contributed by atoms with E-state index < -0.39 is 28.9 Å². The fourth-order valence-corrected chi connectivity index (χ4v) is 5.36. The average Bonchev–Trinajstić information content (AvgIpc) is 3.32. The van der Waals surface area contributed by atoms with Crippen LogP contribution in [0.3, 0.4) is 0 Å². The van der Waals surface area contributed by atoms with Gasteiger partial charge in [-0.05, 0) is 75.5 Å². The molecule has 2 aromatic carbocycles. The van der Waals surface area contributed by atoms with Crippen molar-refractivity contribution in [2.24, 2.45) is 16.6 Å². The van der Waals surface area contributed by atoms with E-state index in [1.165, 1.54) is 6.34 Å². The number of nitrogens with two attached hydrogens (primary N) is 1. The Morgan fingerprint density at radius 2 is 1.79 bits per heavy atom. The Morgan fingerprint density at radius 3 is 2.42 bits per heavy atom. The second kappa shape index (κ2) is 11.1. The number of hydrogen-bond donors (Lipinski definition) is 4. The Kier molecular flexibility index (Phi) is 8.08. The highest BCUT2D eigenvalue weighted by Crippen LogP contribution is 2.32. The molecule has 1 fully saturated rings. The number of anilines is 1. The number of amides is 3. The summed E-state index contributed by atoms with van der Waals surface area (Å²) in [6, 6.07) is 12.2. The highest BCUT2D eigenvalue weighted by molar-refractivity contribution is 6.34. The smallest absolute Gasteiger partial charge is 0.257 e. The molecule has 2 unspecified atom stereocenters. The number of nitrogens with zero attached hydrogens (tertiary/aromatic N) is 2. The lowest BCUT2D eigenvalue weighted by Crippen LogP contribution is -2.62. The van der Waals surface area contributed by atoms with Crippen LogP contribution in [0.4, 0.5) is 5.69 Å². The molecule has 2 aromatic rings. The zero-order valence-electron chi connectivity index (χ0n) is 22.0. The number of nitrogens with one attached hydrogen (secondary N) is 3. The van der Waals surface area contributed by atoms with Gasteiger partial charge in [0.15, 0.2) is 11.6 Å². The molecule has 1 saturated heterocycles. The summed E-state index contributed by atoms with van der Waals surface area (Å²) in [6.45, 7) is 8.88. The maximum absolute atomic E-state index is 13.5. The van der Waals surface area contributed by atoms with Crippen LogP contribution in [0.2, 0.25) is 5.02 Å². The quantitative estimate of drug-likeness (QED) is 0.411. The van der Waals surface area contributed by atoms with Crippen LogP contribution in [0.25, 0.3) is 0 Å². The minimum Gasteiger partial charge on any atom is -0.367 e. The summed E-state index contributed by atoms with van der Waals surface area (Å²) in [4.78, 5) is 45.6. The standard InChI is InChI=1S/C28H35ClN6O3/c1-18-12-14-35(15-13-18)16-27(2,3)34-25(37)23-28(26(30)38,32-17-31-23)19-8-10-20(11-9-19)33-24(36)21-6-4-5-7-22(21)29/h4-11,17-18,23H,12-16H2,1-3H3,(H2,30,38)(H,31,32)(H,33,36)(H,34,37). The predicted molar refractivity (Wildman–Crippen MR) is 149 cm³/mol. The molecule has 9 nitrogen and oxygen atoms in total. The molecule has 10 heteroatoms. The van der Waals surface area contributed by atoms with Gasteiger partial charge in [0.2, 0.25) is 5.91 Å². The Bertz CT molecular complexity index is 1220. The van der Waals surface area contributed by atoms with Crippen LogP contribution in [0.5, 0.6) is 0 Å². The normalized spacial score (nSPS) is 22.1. The molecule has 4 rings (SSSR count). The highest BCUT2D eigenvalue weighted by atomic mass is 35.5. The topological polar surface area (TPSA) is 129 Å². The second-order valence-corrected chi connectivity index (χ2v) is 11.2. The van der Waals surface area contributed by atoms with Gasteiger partial charge in [0.25, 0.3) is 11.8 Å². The molecule has 0 aromatic heterocycles. The summed E-state index contributed by atoms with van der Waals surface area (Å²) in [6.07, 6.45) is 3.63. The Morgan fingerprint density at radius 1 is 1.13 bits per heavy atom. The van der Waals surface area contributed by atoms with Gasteiger partial charge >= 0.3 is 0 Å². The zero-order chi connectivity index (χ0) is 27.5. The fourth-order valence-electron chi connectivity index (χ4n) is 5.14. The summed E-state index contributed by atoms with van der Waals surface area (Å²) in [5.74, 6) is -0.768. The zero-order valence-corrected chi connectivity index (χ0v) is 22.7. The lowest BCUT2D eigenvalue weighted by Gasteiger charge is -2.38. The van der Waals surface area contributed by atoms with E-state index >= 15 is 0 Å². The first-order valence-corrected chi connectivity index (χ1v) is 13.2. The van der Waals surface area contributed by atoms with E-state index in [4.69, 9.17) is 17.3 Å². The van der Waals surface area contributed by atoms with Gasteiger partial charge in [-0.3, -0.25) is 19.4 Å². The van der Waals surface area contributed by atoms with Crippen LogP contribution in [-0.4, -0.2) is 60.2 Å². The van der Waals surface area contributed by atoms with E-state index in [2.05, 4.69) is 32.8 Å². The first-order chi connectivity index (χ1) is 18.0. The first kappa shape index (κ1) is 27.6. The number of piperidine rings is 1. The SMILES string of the molecule is CC1CCN(CC(C)(C)NC(=O)C2N=CNC2(C(N)=O)c2ccc(NC(=O)c3ccccc3Cl)cc2)CC1. The molecule has 5 N–H and O–H groups in total. The third kappa shape index (κ3) is 5.84. The molecule has 2 aliphatic heterocycles. The monoisotopic (exact) mass is 538 g/mol. The van der Waals surface area contributed by atoms with Crippen LogP contribution >= 0.6 is 11.6 Å². The van der Waals surface area contributed by atoms with E-state index in [1.54, 1.807) is 48.5 Å². The van der Waals surface area contributed by atoms with E-state index in [1.807, 2.05) is 13.8 Å². The van der Waals surface area contributed by atoms with E-state index in [9.17, 15) is 14.4 Å². The van der Waals surface area contributed by atoms with Gasteiger partial charge in [-0.25, -0.2) is 0 Å². The number of halogens is 1. The van der Waals surface area contributed by atoms with Crippen LogP contribution < -0.4 is 21.7 Å². The molecule has 0 aliphatic carbocycles. The largest absolute Gasteiger partial charge is 0.367 e. The summed E-state index contributed by atoms with van der Waals surface area (Å²) in [5, 5.41) is 9.16. The van der Waals surface area contributed by atoms with Crippen LogP contribution in [0.1, 0.15) is 49.5 Å². The van der Waals surface area contributed by atoms with Crippen molar-refractivity contribution in [3.05, 3.63) is 64.7 Å². The summed E-state index contributed by atoms with van der Waals surface area (Å²) in [7, 11) is 0. The molecule has 0 spiro atoms. The van der Waals surface area contributed by atoms with Gasteiger partial charge in [-0.15, -0.1) is 0 Å². The number of rotatable bonds is 8. The fraction of sp³-hybridized carbons (Fsp3) is 0.429. The average molecular weight is 539 g/mol. The lowest BCUT2D eigenvalue weighted by atomic mass is 9.82. The predicted octanol–water partition coefficient (Wildman–Crippen LogP) is 2.90. The maximum Gasteiger partial charge on any atom is 0.257 e. The van der Waals surface area contributed by atoms with Crippen molar-refractivity contribution in [2.75, 3.05) is 25.0 Å². The summed E-state index contributed by atoms with van der Waals surface area (Å²) in [5.41, 5.74) is 5.08. The van der Waals surface area contributed by atoms with Crippen molar-refractivity contribution in [1.29, 1.82) is 0 Å². The molecule has 2 heterocycles. The van der Waals surface area contributed by atoms with Crippen molar-refractivity contribution in [3.8, 4) is 0 Å². The third-order valence-corrected chi connectivity index (χ3v) is 7.57. The van der Waals surface area contributed by atoms with Crippen molar-refractivity contribution in [1.82, 2.24) is 15.5 Å². The van der Waals surface area contributed by atoms with Gasteiger partial charge in [0, 0.05) is 17.8 Å². The number of likely N-dealkylation sites (tertiary alicyclic amines) is 1. The van der Waals surface area contributed by atoms with Crippen LogP contribution in [0, 0.1) is 5.92 Å². The molecular formula is C28H35ClN6O3. The first-order valence-electron chi connectivity index (χ1n) is 12.8. The highest BCUT2D eigenvalue weighted by Gasteiger charge is 2.52. The van der Waals surface area contributed by atoms with Crippen molar-refractivity contribution >= 4 is 41.3 Å². The van der Waals surface area contributed by atoms with Gasteiger partial charge in [0.05, 0.1) is 16.9 Å². The van der Waals surface area contributed by atoms with Gasteiger partial charge in [0.1, 0.15) is 0 Å². The van der Waals surface area contributed by atoms with Crippen molar-refractivity contribution in [3.63, 3.8) is 0 Å². The van der Waals surface area contributed by atoms with Gasteiger partial charge in [-0.1, -0.05) is 42.8 Å². The maximum atomic E-state index is 13.5. The number of carbonyl (C=O) groups is 3.